The molecule has 0 aliphatic carbocycles. The Morgan fingerprint density at radius 2 is 1.92 bits per heavy atom. The van der Waals surface area contributed by atoms with Crippen LogP contribution in [0.1, 0.15) is 36.7 Å². The third kappa shape index (κ3) is 3.73. The van der Waals surface area contributed by atoms with Gasteiger partial charge in [0.2, 0.25) is 5.91 Å². The molecule has 1 aromatic carbocycles. The molecule has 0 spiro atoms. The molecule has 0 saturated carbocycles. The van der Waals surface area contributed by atoms with Gasteiger partial charge in [0.1, 0.15) is 17.5 Å². The van der Waals surface area contributed by atoms with Crippen LogP contribution in [0.15, 0.2) is 30.3 Å². The minimum Gasteiger partial charge on any atom is -0.496 e. The summed E-state index contributed by atoms with van der Waals surface area (Å²) < 4.78 is 5.37. The highest BCUT2D eigenvalue weighted by atomic mass is 16.5. The van der Waals surface area contributed by atoms with Crippen molar-refractivity contribution in [3.05, 3.63) is 36.0 Å². The van der Waals surface area contributed by atoms with Crippen LogP contribution in [-0.4, -0.2) is 47.9 Å². The zero-order valence-corrected chi connectivity index (χ0v) is 14.6. The van der Waals surface area contributed by atoms with Crippen LogP contribution in [0.4, 0.5) is 0 Å². The number of likely N-dealkylation sites (tertiary alicyclic amines) is 1. The van der Waals surface area contributed by atoms with Gasteiger partial charge in [-0.25, -0.2) is 4.98 Å². The fourth-order valence-corrected chi connectivity index (χ4v) is 3.15. The molecule has 6 nitrogen and oxygen atoms in total. The molecule has 2 amide bonds. The zero-order chi connectivity index (χ0) is 17.8. The summed E-state index contributed by atoms with van der Waals surface area (Å²) in [5, 5.41) is 3.61. The van der Waals surface area contributed by atoms with Gasteiger partial charge in [0.15, 0.2) is 0 Å². The first-order valence-electron chi connectivity index (χ1n) is 8.63. The summed E-state index contributed by atoms with van der Waals surface area (Å²) in [6, 6.07) is 8.51. The molecule has 1 aliphatic heterocycles. The van der Waals surface area contributed by atoms with Gasteiger partial charge in [-0.1, -0.05) is 12.1 Å². The quantitative estimate of drug-likeness (QED) is 0.927. The molecule has 1 fully saturated rings. The number of pyridine rings is 1. The van der Waals surface area contributed by atoms with Crippen molar-refractivity contribution >= 4 is 22.7 Å². The van der Waals surface area contributed by atoms with Crippen LogP contribution < -0.4 is 10.1 Å². The largest absolute Gasteiger partial charge is 0.496 e. The molecule has 2 heterocycles. The lowest BCUT2D eigenvalue weighted by atomic mass is 10.1. The number of piperidine rings is 1. The van der Waals surface area contributed by atoms with Crippen molar-refractivity contribution in [1.29, 1.82) is 0 Å². The molecular weight excluding hydrogens is 318 g/mol. The van der Waals surface area contributed by atoms with Crippen LogP contribution >= 0.6 is 0 Å². The van der Waals surface area contributed by atoms with Crippen molar-refractivity contribution in [3.63, 3.8) is 0 Å². The van der Waals surface area contributed by atoms with Gasteiger partial charge in [-0.05, 0) is 38.3 Å². The van der Waals surface area contributed by atoms with Crippen molar-refractivity contribution in [3.8, 4) is 5.75 Å². The molecular formula is C19H23N3O3. The summed E-state index contributed by atoms with van der Waals surface area (Å²) in [5.41, 5.74) is 0.927. The molecule has 132 valence electrons. The van der Waals surface area contributed by atoms with Crippen LogP contribution in [0.5, 0.6) is 5.75 Å². The van der Waals surface area contributed by atoms with Gasteiger partial charge in [-0.15, -0.1) is 0 Å². The highest BCUT2D eigenvalue weighted by Gasteiger charge is 2.24. The Morgan fingerprint density at radius 3 is 2.64 bits per heavy atom. The Labute approximate surface area is 147 Å². The molecule has 0 bridgehead atoms. The SMILES string of the molecule is COc1cc(C(=O)N[C@H](C)C(=O)N2CCCCC2)nc2ccccc12. The number of fused-ring (bicyclic) bond motifs is 1. The summed E-state index contributed by atoms with van der Waals surface area (Å²) >= 11 is 0. The maximum atomic E-state index is 12.6. The lowest BCUT2D eigenvalue weighted by Crippen LogP contribution is -2.48. The van der Waals surface area contributed by atoms with E-state index >= 15 is 0 Å². The smallest absolute Gasteiger partial charge is 0.270 e. The van der Waals surface area contributed by atoms with E-state index in [-0.39, 0.29) is 17.5 Å². The summed E-state index contributed by atoms with van der Waals surface area (Å²) in [6.45, 7) is 3.25. The van der Waals surface area contributed by atoms with Crippen molar-refractivity contribution in [2.45, 2.75) is 32.2 Å². The minimum atomic E-state index is -0.579. The number of carbonyl (C=O) groups excluding carboxylic acids is 2. The molecule has 25 heavy (non-hydrogen) atoms. The predicted octanol–water partition coefficient (Wildman–Crippen LogP) is 2.37. The van der Waals surface area contributed by atoms with Gasteiger partial charge < -0.3 is 15.0 Å². The molecule has 0 unspecified atom stereocenters. The predicted molar refractivity (Wildman–Crippen MR) is 95.7 cm³/mol. The Bertz CT molecular complexity index is 785. The summed E-state index contributed by atoms with van der Waals surface area (Å²) in [6.07, 6.45) is 3.21. The van der Waals surface area contributed by atoms with E-state index in [2.05, 4.69) is 10.3 Å². The summed E-state index contributed by atoms with van der Waals surface area (Å²) in [7, 11) is 1.56. The van der Waals surface area contributed by atoms with Gasteiger partial charge in [-0.2, -0.15) is 0 Å². The maximum Gasteiger partial charge on any atom is 0.270 e. The number of ether oxygens (including phenoxy) is 1. The van der Waals surface area contributed by atoms with Crippen molar-refractivity contribution < 1.29 is 14.3 Å². The monoisotopic (exact) mass is 341 g/mol. The fraction of sp³-hybridized carbons (Fsp3) is 0.421. The number of hydrogen-bond donors (Lipinski definition) is 1. The molecule has 1 saturated heterocycles. The van der Waals surface area contributed by atoms with Crippen LogP contribution in [0, 0.1) is 0 Å². The van der Waals surface area contributed by atoms with Crippen LogP contribution in [-0.2, 0) is 4.79 Å². The van der Waals surface area contributed by atoms with Gasteiger partial charge in [0.25, 0.3) is 5.91 Å². The number of para-hydroxylation sites is 1. The Hall–Kier alpha value is -2.63. The number of amides is 2. The molecule has 2 aromatic rings. The second kappa shape index (κ2) is 7.51. The van der Waals surface area contributed by atoms with Gasteiger partial charge in [0, 0.05) is 24.5 Å². The number of benzene rings is 1. The van der Waals surface area contributed by atoms with Crippen LogP contribution in [0.3, 0.4) is 0 Å². The van der Waals surface area contributed by atoms with E-state index in [0.29, 0.717) is 11.3 Å². The molecule has 6 heteroatoms. The van der Waals surface area contributed by atoms with E-state index in [1.807, 2.05) is 29.2 Å². The average Bonchev–Trinajstić information content (AvgIpc) is 2.67. The lowest BCUT2D eigenvalue weighted by molar-refractivity contribution is -0.133. The first-order chi connectivity index (χ1) is 12.1. The number of nitrogens with zero attached hydrogens (tertiary/aromatic N) is 2. The summed E-state index contributed by atoms with van der Waals surface area (Å²) in [5.74, 6) is 0.175. The number of aromatic nitrogens is 1. The topological polar surface area (TPSA) is 71.5 Å². The standard InChI is InChI=1S/C19H23N3O3/c1-13(19(24)22-10-6-3-7-11-22)20-18(23)16-12-17(25-2)14-8-4-5-9-15(14)21-16/h4-5,8-9,12-13H,3,6-7,10-11H2,1-2H3,(H,20,23)/t13-/m1/s1. The molecule has 0 radical (unpaired) electrons. The third-order valence-electron chi connectivity index (χ3n) is 4.52. The van der Waals surface area contributed by atoms with Gasteiger partial charge in [-0.3, -0.25) is 9.59 Å². The number of hydrogen-bond acceptors (Lipinski definition) is 4. The van der Waals surface area contributed by atoms with Crippen LogP contribution in [0.25, 0.3) is 10.9 Å². The number of methoxy groups -OCH3 is 1. The minimum absolute atomic E-state index is 0.0409. The van der Waals surface area contributed by atoms with Gasteiger partial charge >= 0.3 is 0 Å². The number of carbonyl (C=O) groups is 2. The van der Waals surface area contributed by atoms with Crippen molar-refractivity contribution in [2.75, 3.05) is 20.2 Å². The highest BCUT2D eigenvalue weighted by Crippen LogP contribution is 2.25. The molecule has 1 atom stereocenters. The van der Waals surface area contributed by atoms with E-state index in [0.717, 1.165) is 37.7 Å². The molecule has 1 aromatic heterocycles. The van der Waals surface area contributed by atoms with Crippen molar-refractivity contribution in [1.82, 2.24) is 15.2 Å². The molecule has 3 rings (SSSR count). The van der Waals surface area contributed by atoms with E-state index in [1.165, 1.54) is 0 Å². The highest BCUT2D eigenvalue weighted by molar-refractivity contribution is 5.99. The number of nitrogens with one attached hydrogen (secondary N) is 1. The Kier molecular flexibility index (Phi) is 5.16. The Morgan fingerprint density at radius 1 is 1.20 bits per heavy atom. The molecule has 1 N–H and O–H groups in total. The maximum absolute atomic E-state index is 12.6. The average molecular weight is 341 g/mol. The second-order valence-electron chi connectivity index (χ2n) is 6.31. The first kappa shape index (κ1) is 17.2. The molecule has 1 aliphatic rings. The fourth-order valence-electron chi connectivity index (χ4n) is 3.15. The van der Waals surface area contributed by atoms with E-state index < -0.39 is 6.04 Å². The Balaban J connectivity index is 1.76. The zero-order valence-electron chi connectivity index (χ0n) is 14.6. The van der Waals surface area contributed by atoms with Crippen molar-refractivity contribution in [2.24, 2.45) is 0 Å². The first-order valence-corrected chi connectivity index (χ1v) is 8.63. The third-order valence-corrected chi connectivity index (χ3v) is 4.52. The lowest BCUT2D eigenvalue weighted by Gasteiger charge is -2.29. The van der Waals surface area contributed by atoms with E-state index in [1.54, 1.807) is 20.1 Å². The second-order valence-corrected chi connectivity index (χ2v) is 6.31. The summed E-state index contributed by atoms with van der Waals surface area (Å²) in [4.78, 5) is 31.2. The van der Waals surface area contributed by atoms with Gasteiger partial charge in [0.05, 0.1) is 12.6 Å². The normalized spacial score (nSPS) is 15.7. The van der Waals surface area contributed by atoms with E-state index in [9.17, 15) is 9.59 Å². The number of rotatable bonds is 4. The van der Waals surface area contributed by atoms with Crippen LogP contribution in [0.2, 0.25) is 0 Å². The van der Waals surface area contributed by atoms with E-state index in [4.69, 9.17) is 4.74 Å².